The maximum absolute atomic E-state index is 12.5. The third-order valence-electron chi connectivity index (χ3n) is 3.94. The molecule has 1 aliphatic heterocycles. The van der Waals surface area contributed by atoms with E-state index < -0.39 is 29.6 Å². The smallest absolute Gasteiger partial charge is 0.318 e. The van der Waals surface area contributed by atoms with E-state index in [1.165, 1.54) is 0 Å². The molecular weight excluding hydrogens is 262 g/mol. The van der Waals surface area contributed by atoms with Crippen LogP contribution in [0.3, 0.4) is 0 Å². The molecule has 0 N–H and O–H groups in total. The molecule has 20 heavy (non-hydrogen) atoms. The van der Waals surface area contributed by atoms with Crippen molar-refractivity contribution in [2.45, 2.75) is 39.8 Å². The largest absolute Gasteiger partial charge is 0.465 e. The van der Waals surface area contributed by atoms with Gasteiger partial charge in [-0.15, -0.1) is 0 Å². The molecule has 0 aliphatic carbocycles. The molecule has 4 atom stereocenters. The average molecular weight is 285 g/mol. The fourth-order valence-electron chi connectivity index (χ4n) is 2.60. The van der Waals surface area contributed by atoms with E-state index in [9.17, 15) is 14.4 Å². The molecule has 1 saturated heterocycles. The summed E-state index contributed by atoms with van der Waals surface area (Å²) in [6.07, 6.45) is 0. The van der Waals surface area contributed by atoms with Gasteiger partial charge in [0.1, 0.15) is 11.8 Å². The second-order valence-corrected chi connectivity index (χ2v) is 5.01. The Kier molecular flexibility index (Phi) is 5.68. The molecule has 0 bridgehead atoms. The number of carbonyl (C=O) groups is 3. The number of nitrogens with zero attached hydrogens (tertiary/aromatic N) is 1. The number of carbonyl (C=O) groups excluding carboxylic acids is 3. The van der Waals surface area contributed by atoms with Crippen molar-refractivity contribution >= 4 is 17.7 Å². The summed E-state index contributed by atoms with van der Waals surface area (Å²) in [6, 6.07) is -0.607. The lowest BCUT2D eigenvalue weighted by atomic mass is 9.78. The van der Waals surface area contributed by atoms with Crippen molar-refractivity contribution in [3.8, 4) is 0 Å². The molecule has 1 fully saturated rings. The van der Waals surface area contributed by atoms with E-state index >= 15 is 0 Å². The van der Waals surface area contributed by atoms with Crippen LogP contribution in [0.5, 0.6) is 0 Å². The molecule has 0 saturated carbocycles. The topological polar surface area (TPSA) is 72.9 Å². The van der Waals surface area contributed by atoms with Gasteiger partial charge in [-0.3, -0.25) is 19.3 Å². The van der Waals surface area contributed by atoms with Gasteiger partial charge in [0.25, 0.3) is 0 Å². The monoisotopic (exact) mass is 285 g/mol. The van der Waals surface area contributed by atoms with Gasteiger partial charge in [-0.1, -0.05) is 0 Å². The molecular formula is C14H23NO5. The molecule has 0 spiro atoms. The molecule has 0 aromatic carbocycles. The quantitative estimate of drug-likeness (QED) is 0.557. The number of Topliss-reactive ketones (excluding diaryl/α,β-unsaturated/α-hetero) is 1. The Morgan fingerprint density at radius 3 is 1.65 bits per heavy atom. The molecule has 6 nitrogen and oxygen atoms in total. The number of hydrogen-bond acceptors (Lipinski definition) is 6. The van der Waals surface area contributed by atoms with Crippen molar-refractivity contribution in [1.29, 1.82) is 0 Å². The third kappa shape index (κ3) is 3.00. The number of ketones is 1. The summed E-state index contributed by atoms with van der Waals surface area (Å²) in [5, 5.41) is 0. The Morgan fingerprint density at radius 1 is 1.00 bits per heavy atom. The standard InChI is InChI=1S/C14H23NO5/c1-6-19-13(17)10-8(3)15(5)9(4)11(12(10)16)14(18)20-7-2/h8-11H,6-7H2,1-5H3/t8-,9+,10-,11-/m0/s1. The first-order chi connectivity index (χ1) is 9.36. The predicted molar refractivity (Wildman–Crippen MR) is 71.9 cm³/mol. The Labute approximate surface area is 119 Å². The molecule has 0 radical (unpaired) electrons. The zero-order valence-corrected chi connectivity index (χ0v) is 12.7. The van der Waals surface area contributed by atoms with Gasteiger partial charge in [0.2, 0.25) is 0 Å². The molecule has 114 valence electrons. The molecule has 1 heterocycles. The molecule has 0 unspecified atom stereocenters. The summed E-state index contributed by atoms with van der Waals surface area (Å²) in [5.41, 5.74) is 0. The lowest BCUT2D eigenvalue weighted by Gasteiger charge is -2.42. The molecule has 1 aliphatic rings. The van der Waals surface area contributed by atoms with Crippen LogP contribution in [-0.2, 0) is 23.9 Å². The van der Waals surface area contributed by atoms with Crippen molar-refractivity contribution in [3.05, 3.63) is 0 Å². The SMILES string of the molecule is CCOC(=O)[C@@H]1C(=O)[C@@H](C(=O)OCC)[C@H](C)N(C)[C@@H]1C. The number of esters is 2. The highest BCUT2D eigenvalue weighted by molar-refractivity contribution is 6.10. The molecule has 6 heteroatoms. The van der Waals surface area contributed by atoms with Crippen molar-refractivity contribution in [2.75, 3.05) is 20.3 Å². The molecule has 1 rings (SSSR count). The minimum Gasteiger partial charge on any atom is -0.465 e. The van der Waals surface area contributed by atoms with E-state index in [0.29, 0.717) is 0 Å². The van der Waals surface area contributed by atoms with Crippen LogP contribution in [0.15, 0.2) is 0 Å². The number of ether oxygens (including phenoxy) is 2. The van der Waals surface area contributed by atoms with Gasteiger partial charge in [0, 0.05) is 12.1 Å². The van der Waals surface area contributed by atoms with Gasteiger partial charge < -0.3 is 9.47 Å². The van der Waals surface area contributed by atoms with Crippen LogP contribution >= 0.6 is 0 Å². The highest BCUT2D eigenvalue weighted by atomic mass is 16.5. The van der Waals surface area contributed by atoms with E-state index in [-0.39, 0.29) is 25.3 Å². The lowest BCUT2D eigenvalue weighted by molar-refractivity contribution is -0.167. The molecule has 0 aromatic heterocycles. The van der Waals surface area contributed by atoms with E-state index in [4.69, 9.17) is 9.47 Å². The summed E-state index contributed by atoms with van der Waals surface area (Å²) in [5.74, 6) is -3.42. The highest BCUT2D eigenvalue weighted by Gasteiger charge is 2.51. The summed E-state index contributed by atoms with van der Waals surface area (Å²) in [7, 11) is 1.79. The van der Waals surface area contributed by atoms with Crippen LogP contribution in [0, 0.1) is 11.8 Å². The maximum atomic E-state index is 12.5. The van der Waals surface area contributed by atoms with E-state index in [1.54, 1.807) is 34.7 Å². The maximum Gasteiger partial charge on any atom is 0.318 e. The fraction of sp³-hybridized carbons (Fsp3) is 0.786. The second-order valence-electron chi connectivity index (χ2n) is 5.01. The summed E-state index contributed by atoms with van der Waals surface area (Å²) in [4.78, 5) is 38.3. The summed E-state index contributed by atoms with van der Waals surface area (Å²) in [6.45, 7) is 7.36. The number of hydrogen-bond donors (Lipinski definition) is 0. The van der Waals surface area contributed by atoms with Crippen LogP contribution in [0.4, 0.5) is 0 Å². The van der Waals surface area contributed by atoms with Gasteiger partial charge in [-0.05, 0) is 34.7 Å². The first-order valence-electron chi connectivity index (χ1n) is 6.95. The van der Waals surface area contributed by atoms with Crippen molar-refractivity contribution in [2.24, 2.45) is 11.8 Å². The van der Waals surface area contributed by atoms with Crippen molar-refractivity contribution in [1.82, 2.24) is 4.90 Å². The first kappa shape index (κ1) is 16.6. The van der Waals surface area contributed by atoms with Crippen molar-refractivity contribution in [3.63, 3.8) is 0 Å². The highest BCUT2D eigenvalue weighted by Crippen LogP contribution is 2.30. The van der Waals surface area contributed by atoms with E-state index in [1.807, 2.05) is 4.90 Å². The summed E-state index contributed by atoms with van der Waals surface area (Å²) >= 11 is 0. The van der Waals surface area contributed by atoms with Gasteiger partial charge in [-0.25, -0.2) is 0 Å². The number of rotatable bonds is 4. The Hall–Kier alpha value is -1.43. The average Bonchev–Trinajstić information content (AvgIpc) is 2.37. The third-order valence-corrected chi connectivity index (χ3v) is 3.94. The van der Waals surface area contributed by atoms with E-state index in [2.05, 4.69) is 0 Å². The number of piperidine rings is 1. The van der Waals surface area contributed by atoms with Crippen LogP contribution in [0.25, 0.3) is 0 Å². The van der Waals surface area contributed by atoms with Gasteiger partial charge in [0.15, 0.2) is 5.78 Å². The molecule has 0 aromatic rings. The summed E-state index contributed by atoms with van der Waals surface area (Å²) < 4.78 is 9.91. The zero-order chi connectivity index (χ0) is 15.4. The van der Waals surface area contributed by atoms with Crippen LogP contribution in [-0.4, -0.2) is 55.0 Å². The number of likely N-dealkylation sites (tertiary alicyclic amines) is 1. The van der Waals surface area contributed by atoms with Gasteiger partial charge >= 0.3 is 11.9 Å². The predicted octanol–water partition coefficient (Wildman–Crippen LogP) is 0.637. The van der Waals surface area contributed by atoms with Crippen LogP contribution in [0.1, 0.15) is 27.7 Å². The molecule has 0 amide bonds. The first-order valence-corrected chi connectivity index (χ1v) is 6.95. The van der Waals surface area contributed by atoms with Crippen LogP contribution < -0.4 is 0 Å². The van der Waals surface area contributed by atoms with Crippen LogP contribution in [0.2, 0.25) is 0 Å². The normalized spacial score (nSPS) is 30.9. The Morgan fingerprint density at radius 2 is 1.35 bits per heavy atom. The second kappa shape index (κ2) is 6.83. The lowest BCUT2D eigenvalue weighted by Crippen LogP contribution is -2.60. The minimum absolute atomic E-state index is 0.207. The van der Waals surface area contributed by atoms with Crippen molar-refractivity contribution < 1.29 is 23.9 Å². The Balaban J connectivity index is 3.05. The Bertz CT molecular complexity index is 361. The van der Waals surface area contributed by atoms with E-state index in [0.717, 1.165) is 0 Å². The van der Waals surface area contributed by atoms with Gasteiger partial charge in [0.05, 0.1) is 13.2 Å². The fourth-order valence-corrected chi connectivity index (χ4v) is 2.60. The van der Waals surface area contributed by atoms with Gasteiger partial charge in [-0.2, -0.15) is 0 Å². The minimum atomic E-state index is -0.939. The zero-order valence-electron chi connectivity index (χ0n) is 12.7.